The van der Waals surface area contributed by atoms with Gasteiger partial charge in [-0.2, -0.15) is 0 Å². The molecule has 2 amide bonds. The van der Waals surface area contributed by atoms with E-state index in [4.69, 9.17) is 16.3 Å². The average molecular weight is 538 g/mol. The van der Waals surface area contributed by atoms with Crippen molar-refractivity contribution in [2.24, 2.45) is 0 Å². The van der Waals surface area contributed by atoms with Crippen molar-refractivity contribution in [3.05, 3.63) is 59.4 Å². The Morgan fingerprint density at radius 2 is 1.97 bits per heavy atom. The molecule has 2 aromatic carbocycles. The summed E-state index contributed by atoms with van der Waals surface area (Å²) in [5.41, 5.74) is 3.37. The van der Waals surface area contributed by atoms with Crippen LogP contribution in [0.2, 0.25) is 0 Å². The van der Waals surface area contributed by atoms with Crippen molar-refractivity contribution < 1.29 is 18.7 Å². The van der Waals surface area contributed by atoms with E-state index in [9.17, 15) is 14.0 Å². The molecule has 1 saturated heterocycles. The highest BCUT2D eigenvalue weighted by molar-refractivity contribution is 6.20. The number of ether oxygens (including phenoxy) is 1. The lowest BCUT2D eigenvalue weighted by Gasteiger charge is -2.40. The molecule has 2 aliphatic rings. The van der Waals surface area contributed by atoms with Crippen LogP contribution in [0.4, 0.5) is 20.6 Å². The highest BCUT2D eigenvalue weighted by atomic mass is 35.5. The Kier molecular flexibility index (Phi) is 10.4. The number of cyclic esters (lactones) is 1. The third-order valence-electron chi connectivity index (χ3n) is 6.84. The summed E-state index contributed by atoms with van der Waals surface area (Å²) in [6.45, 7) is 3.88. The third-order valence-corrected chi connectivity index (χ3v) is 7.37. The summed E-state index contributed by atoms with van der Waals surface area (Å²) in [4.78, 5) is 29.0. The molecule has 2 aromatic rings. The highest BCUT2D eigenvalue weighted by Crippen LogP contribution is 2.32. The number of carbonyl (C=O) groups is 2. The zero-order chi connectivity index (χ0) is 24.8. The molecule has 1 atom stereocenters. The number of carbonyl (C=O) groups excluding carboxylic acids is 2. The van der Waals surface area contributed by atoms with E-state index < -0.39 is 6.09 Å². The van der Waals surface area contributed by atoms with Crippen LogP contribution in [0, 0.1) is 5.82 Å². The van der Waals surface area contributed by atoms with Crippen LogP contribution >= 0.6 is 24.0 Å². The average Bonchev–Trinajstić information content (AvgIpc) is 2.85. The number of piperidine rings is 1. The molecule has 0 radical (unpaired) electrons. The Balaban J connectivity index is 0.00000361. The number of fused-ring (bicyclic) bond motifs is 1. The smallest absolute Gasteiger partial charge is 0.414 e. The molecular weight excluding hydrogens is 504 g/mol. The van der Waals surface area contributed by atoms with E-state index in [1.807, 2.05) is 18.2 Å². The van der Waals surface area contributed by atoms with Gasteiger partial charge in [0.2, 0.25) is 5.91 Å². The Morgan fingerprint density at radius 3 is 2.72 bits per heavy atom. The van der Waals surface area contributed by atoms with Crippen LogP contribution < -0.4 is 10.2 Å². The van der Waals surface area contributed by atoms with Gasteiger partial charge in [0.1, 0.15) is 12.4 Å². The van der Waals surface area contributed by atoms with Gasteiger partial charge in [-0.25, -0.2) is 9.18 Å². The number of alkyl halides is 1. The molecule has 4 rings (SSSR count). The summed E-state index contributed by atoms with van der Waals surface area (Å²) in [6, 6.07) is 12.3. The molecule has 0 saturated carbocycles. The minimum Gasteiger partial charge on any atom is -0.444 e. The number of hydrogen-bond acceptors (Lipinski definition) is 4. The normalized spacial score (nSPS) is 17.1. The summed E-state index contributed by atoms with van der Waals surface area (Å²) < 4.78 is 19.2. The number of nitrogens with one attached hydrogen (secondary N) is 1. The van der Waals surface area contributed by atoms with E-state index in [0.29, 0.717) is 31.6 Å². The molecule has 0 bridgehead atoms. The summed E-state index contributed by atoms with van der Waals surface area (Å²) in [5, 5.41) is 3.26. The van der Waals surface area contributed by atoms with Crippen LogP contribution in [0.3, 0.4) is 0 Å². The minimum atomic E-state index is -0.435. The number of benzene rings is 2. The predicted octanol–water partition coefficient (Wildman–Crippen LogP) is 6.15. The van der Waals surface area contributed by atoms with Crippen LogP contribution in [0.25, 0.3) is 0 Å². The van der Waals surface area contributed by atoms with E-state index in [1.165, 1.54) is 12.1 Å². The van der Waals surface area contributed by atoms with Crippen LogP contribution in [0.5, 0.6) is 0 Å². The Morgan fingerprint density at radius 1 is 1.22 bits per heavy atom. The second kappa shape index (κ2) is 13.3. The van der Waals surface area contributed by atoms with Crippen molar-refractivity contribution >= 4 is 47.4 Å². The monoisotopic (exact) mass is 537 g/mol. The van der Waals surface area contributed by atoms with Crippen LogP contribution in [0.15, 0.2) is 42.5 Å². The van der Waals surface area contributed by atoms with Crippen LogP contribution in [-0.4, -0.2) is 48.0 Å². The molecular formula is C27H34Cl2FN3O3. The number of anilines is 2. The minimum absolute atomic E-state index is 0. The molecule has 6 nitrogen and oxygen atoms in total. The SMILES string of the molecule is CCC(Cl)CCCc1ccccc1NC(=O)CN1CCC(N2C(=O)OCc3ccc(F)cc32)CC1.Cl. The largest absolute Gasteiger partial charge is 0.444 e. The van der Waals surface area contributed by atoms with Gasteiger partial charge in [-0.15, -0.1) is 24.0 Å². The number of rotatable bonds is 9. The third kappa shape index (κ3) is 7.11. The molecule has 0 aliphatic carbocycles. The van der Waals surface area contributed by atoms with Crippen molar-refractivity contribution in [3.63, 3.8) is 0 Å². The first-order chi connectivity index (χ1) is 16.9. The maximum Gasteiger partial charge on any atom is 0.414 e. The summed E-state index contributed by atoms with van der Waals surface area (Å²) >= 11 is 6.24. The van der Waals surface area contributed by atoms with Gasteiger partial charge in [-0.05, 0) is 62.3 Å². The molecule has 2 aliphatic heterocycles. The second-order valence-corrected chi connectivity index (χ2v) is 9.93. The molecule has 1 N–H and O–H groups in total. The fraction of sp³-hybridized carbons (Fsp3) is 0.481. The number of nitrogens with zero attached hydrogens (tertiary/aromatic N) is 2. The first kappa shape index (κ1) is 28.2. The van der Waals surface area contributed by atoms with Crippen molar-refractivity contribution in [2.45, 2.75) is 63.5 Å². The quantitative estimate of drug-likeness (QED) is 0.390. The Hall–Kier alpha value is -2.35. The molecule has 9 heteroatoms. The molecule has 36 heavy (non-hydrogen) atoms. The van der Waals surface area contributed by atoms with Gasteiger partial charge < -0.3 is 10.1 Å². The molecule has 1 fully saturated rings. The van der Waals surface area contributed by atoms with Crippen molar-refractivity contribution in [2.75, 3.05) is 29.9 Å². The van der Waals surface area contributed by atoms with Crippen molar-refractivity contribution in [1.29, 1.82) is 0 Å². The summed E-state index contributed by atoms with van der Waals surface area (Å²) in [6.07, 6.45) is 4.71. The van der Waals surface area contributed by atoms with Crippen molar-refractivity contribution in [3.8, 4) is 0 Å². The molecule has 1 unspecified atom stereocenters. The van der Waals surface area contributed by atoms with Gasteiger partial charge in [0.25, 0.3) is 0 Å². The van der Waals surface area contributed by atoms with E-state index in [1.54, 1.807) is 11.0 Å². The second-order valence-electron chi connectivity index (χ2n) is 9.31. The summed E-state index contributed by atoms with van der Waals surface area (Å²) in [7, 11) is 0. The predicted molar refractivity (Wildman–Crippen MR) is 144 cm³/mol. The summed E-state index contributed by atoms with van der Waals surface area (Å²) in [5.74, 6) is -0.421. The lowest BCUT2D eigenvalue weighted by molar-refractivity contribution is -0.117. The van der Waals surface area contributed by atoms with Gasteiger partial charge in [-0.3, -0.25) is 14.6 Å². The number of hydrogen-bond donors (Lipinski definition) is 1. The molecule has 0 aromatic heterocycles. The van der Waals surface area contributed by atoms with Gasteiger partial charge in [0.05, 0.1) is 12.2 Å². The fourth-order valence-corrected chi connectivity index (χ4v) is 5.00. The van der Waals surface area contributed by atoms with E-state index >= 15 is 0 Å². The number of aryl methyl sites for hydroxylation is 1. The van der Waals surface area contributed by atoms with E-state index in [-0.39, 0.29) is 48.7 Å². The van der Waals surface area contributed by atoms with Gasteiger partial charge in [0.15, 0.2) is 0 Å². The molecule has 2 heterocycles. The highest BCUT2D eigenvalue weighted by Gasteiger charge is 2.34. The van der Waals surface area contributed by atoms with Crippen LogP contribution in [-0.2, 0) is 22.6 Å². The van der Waals surface area contributed by atoms with E-state index in [0.717, 1.165) is 42.5 Å². The standard InChI is InChI=1S/C27H33ClFN3O3.ClH/c1-2-21(28)8-5-7-19-6-3-4-9-24(19)30-26(33)17-31-14-12-23(13-15-31)32-25-16-22(29)11-10-20(25)18-35-27(32)34;/h3-4,6,9-11,16,21,23H,2,5,7-8,12-15,17-18H2,1H3,(H,30,33);1H. The Labute approximate surface area is 223 Å². The van der Waals surface area contributed by atoms with Crippen molar-refractivity contribution in [1.82, 2.24) is 4.90 Å². The first-order valence-electron chi connectivity index (χ1n) is 12.4. The molecule has 0 spiro atoms. The zero-order valence-corrected chi connectivity index (χ0v) is 22.1. The number of para-hydroxylation sites is 1. The number of likely N-dealkylation sites (tertiary alicyclic amines) is 1. The molecule has 196 valence electrons. The number of halogens is 3. The number of amides is 2. The van der Waals surface area contributed by atoms with E-state index in [2.05, 4.69) is 23.2 Å². The lowest BCUT2D eigenvalue weighted by atomic mass is 10.0. The zero-order valence-electron chi connectivity index (χ0n) is 20.6. The topological polar surface area (TPSA) is 61.9 Å². The maximum atomic E-state index is 13.9. The lowest BCUT2D eigenvalue weighted by Crippen LogP contribution is -2.50. The maximum absolute atomic E-state index is 13.9. The fourth-order valence-electron chi connectivity index (χ4n) is 4.84. The first-order valence-corrected chi connectivity index (χ1v) is 12.9. The van der Waals surface area contributed by atoms with Gasteiger partial charge in [0, 0.05) is 35.8 Å². The van der Waals surface area contributed by atoms with Gasteiger partial charge >= 0.3 is 6.09 Å². The van der Waals surface area contributed by atoms with Gasteiger partial charge in [-0.1, -0.05) is 31.2 Å². The Bertz CT molecular complexity index is 1050. The van der Waals surface area contributed by atoms with Crippen LogP contribution in [0.1, 0.15) is 50.2 Å².